The predicted octanol–water partition coefficient (Wildman–Crippen LogP) is 5.66. The van der Waals surface area contributed by atoms with Gasteiger partial charge in [0.25, 0.3) is 5.56 Å². The highest BCUT2D eigenvalue weighted by molar-refractivity contribution is 5.78. The van der Waals surface area contributed by atoms with Gasteiger partial charge in [-0.3, -0.25) is 9.36 Å². The highest BCUT2D eigenvalue weighted by Crippen LogP contribution is 2.26. The molecule has 1 atom stereocenters. The molecule has 0 amide bonds. The molecule has 146 valence electrons. The van der Waals surface area contributed by atoms with Crippen LogP contribution in [0.5, 0.6) is 0 Å². The molecule has 3 aromatic carbocycles. The number of para-hydroxylation sites is 1. The van der Waals surface area contributed by atoms with Crippen LogP contribution in [0.1, 0.15) is 40.9 Å². The van der Waals surface area contributed by atoms with E-state index >= 15 is 0 Å². The molecule has 4 aromatic rings. The van der Waals surface area contributed by atoms with Crippen molar-refractivity contribution < 1.29 is 0 Å². The zero-order valence-corrected chi connectivity index (χ0v) is 17.4. The first-order valence-electron chi connectivity index (χ1n) is 10.1. The zero-order chi connectivity index (χ0) is 20.5. The van der Waals surface area contributed by atoms with Gasteiger partial charge in [0.1, 0.15) is 5.82 Å². The summed E-state index contributed by atoms with van der Waals surface area (Å²) in [5.74, 6) is 0.905. The lowest BCUT2D eigenvalue weighted by molar-refractivity contribution is 0.662. The Morgan fingerprint density at radius 2 is 1.52 bits per heavy atom. The first-order valence-corrected chi connectivity index (χ1v) is 10.1. The van der Waals surface area contributed by atoms with E-state index in [-0.39, 0.29) is 11.5 Å². The topological polar surface area (TPSA) is 34.9 Å². The summed E-state index contributed by atoms with van der Waals surface area (Å²) in [6.45, 7) is 8.38. The molecule has 0 aliphatic rings. The molecule has 0 unspecified atom stereocenters. The lowest BCUT2D eigenvalue weighted by Crippen LogP contribution is -2.27. The van der Waals surface area contributed by atoms with Crippen LogP contribution in [0.2, 0.25) is 0 Å². The summed E-state index contributed by atoms with van der Waals surface area (Å²) in [6.07, 6.45) is 0.829. The van der Waals surface area contributed by atoms with Crippen molar-refractivity contribution in [2.24, 2.45) is 0 Å². The molecular weight excluding hydrogens is 356 g/mol. The normalized spacial score (nSPS) is 12.3. The molecule has 3 nitrogen and oxygen atoms in total. The molecule has 0 fully saturated rings. The highest BCUT2D eigenvalue weighted by atomic mass is 16.1. The summed E-state index contributed by atoms with van der Waals surface area (Å²) in [4.78, 5) is 18.6. The number of nitrogens with zero attached hydrogens (tertiary/aromatic N) is 2. The van der Waals surface area contributed by atoms with Crippen molar-refractivity contribution in [3.8, 4) is 5.69 Å². The fraction of sp³-hybridized carbons (Fsp3) is 0.231. The zero-order valence-electron chi connectivity index (χ0n) is 17.4. The second-order valence-electron chi connectivity index (χ2n) is 7.97. The second kappa shape index (κ2) is 7.67. The van der Waals surface area contributed by atoms with Gasteiger partial charge < -0.3 is 0 Å². The number of aryl methyl sites for hydroxylation is 3. The first kappa shape index (κ1) is 19.1. The lowest BCUT2D eigenvalue weighted by atomic mass is 9.98. The van der Waals surface area contributed by atoms with Gasteiger partial charge in [-0.25, -0.2) is 4.98 Å². The van der Waals surface area contributed by atoms with E-state index in [4.69, 9.17) is 4.98 Å². The molecule has 0 N–H and O–H groups in total. The average molecular weight is 383 g/mol. The SMILES string of the molecule is Cc1cc(C)c(-n2c([C@H](C)Cc3ccccc3)nc3ccccc3c2=O)c(C)c1. The first-order chi connectivity index (χ1) is 14.0. The van der Waals surface area contributed by atoms with Crippen LogP contribution in [-0.4, -0.2) is 9.55 Å². The largest absolute Gasteiger partial charge is 0.268 e. The van der Waals surface area contributed by atoms with Crippen LogP contribution >= 0.6 is 0 Å². The molecule has 0 radical (unpaired) electrons. The number of fused-ring (bicyclic) bond motifs is 1. The van der Waals surface area contributed by atoms with Crippen LogP contribution in [0.3, 0.4) is 0 Å². The van der Waals surface area contributed by atoms with Gasteiger partial charge in [-0.2, -0.15) is 0 Å². The van der Waals surface area contributed by atoms with E-state index in [1.165, 1.54) is 11.1 Å². The van der Waals surface area contributed by atoms with E-state index in [0.29, 0.717) is 5.39 Å². The third-order valence-corrected chi connectivity index (χ3v) is 5.49. The molecule has 0 spiro atoms. The standard InChI is InChI=1S/C26H26N2O/c1-17-14-18(2)24(19(3)15-17)28-25(20(4)16-21-10-6-5-7-11-21)27-23-13-9-8-12-22(23)26(28)29/h5-15,20H,16H2,1-4H3/t20-/m1/s1. The summed E-state index contributed by atoms with van der Waals surface area (Å²) in [7, 11) is 0. The molecule has 0 aliphatic carbocycles. The number of rotatable bonds is 4. The molecule has 0 saturated heterocycles. The summed E-state index contributed by atoms with van der Waals surface area (Å²) >= 11 is 0. The van der Waals surface area contributed by atoms with Crippen molar-refractivity contribution in [1.82, 2.24) is 9.55 Å². The third-order valence-electron chi connectivity index (χ3n) is 5.49. The number of benzene rings is 3. The number of hydrogen-bond donors (Lipinski definition) is 0. The molecule has 0 aliphatic heterocycles. The van der Waals surface area contributed by atoms with Crippen molar-refractivity contribution in [2.75, 3.05) is 0 Å². The fourth-order valence-corrected chi connectivity index (χ4v) is 4.28. The van der Waals surface area contributed by atoms with Crippen molar-refractivity contribution in [2.45, 2.75) is 40.0 Å². The Kier molecular flexibility index (Phi) is 5.06. The van der Waals surface area contributed by atoms with Crippen molar-refractivity contribution in [3.63, 3.8) is 0 Å². The van der Waals surface area contributed by atoms with Crippen LogP contribution in [0.4, 0.5) is 0 Å². The van der Waals surface area contributed by atoms with Crippen LogP contribution < -0.4 is 5.56 Å². The Morgan fingerprint density at radius 1 is 0.897 bits per heavy atom. The van der Waals surface area contributed by atoms with E-state index in [1.54, 1.807) is 0 Å². The lowest BCUT2D eigenvalue weighted by Gasteiger charge is -2.22. The van der Waals surface area contributed by atoms with Crippen LogP contribution in [-0.2, 0) is 6.42 Å². The van der Waals surface area contributed by atoms with Gasteiger partial charge in [0.15, 0.2) is 0 Å². The van der Waals surface area contributed by atoms with Gasteiger partial charge in [-0.15, -0.1) is 0 Å². The van der Waals surface area contributed by atoms with Crippen LogP contribution in [0.25, 0.3) is 16.6 Å². The minimum atomic E-state index is 0.000523. The fourth-order valence-electron chi connectivity index (χ4n) is 4.28. The minimum absolute atomic E-state index is 0.000523. The van der Waals surface area contributed by atoms with E-state index < -0.39 is 0 Å². The monoisotopic (exact) mass is 382 g/mol. The van der Waals surface area contributed by atoms with E-state index in [2.05, 4.69) is 64.1 Å². The maximum Gasteiger partial charge on any atom is 0.265 e. The number of hydrogen-bond acceptors (Lipinski definition) is 2. The quantitative estimate of drug-likeness (QED) is 0.457. The Labute approximate surface area is 171 Å². The molecule has 4 rings (SSSR count). The second-order valence-corrected chi connectivity index (χ2v) is 7.97. The van der Waals surface area contributed by atoms with Gasteiger partial charge in [-0.05, 0) is 56.0 Å². The van der Waals surface area contributed by atoms with Crippen LogP contribution in [0.15, 0.2) is 71.5 Å². The molecule has 1 heterocycles. The molecule has 3 heteroatoms. The van der Waals surface area contributed by atoms with Gasteiger partial charge in [0, 0.05) is 5.92 Å². The predicted molar refractivity (Wildman–Crippen MR) is 120 cm³/mol. The van der Waals surface area contributed by atoms with Crippen molar-refractivity contribution in [1.29, 1.82) is 0 Å². The number of aromatic nitrogens is 2. The molecule has 29 heavy (non-hydrogen) atoms. The van der Waals surface area contributed by atoms with Crippen molar-refractivity contribution >= 4 is 10.9 Å². The Hall–Kier alpha value is -3.20. The average Bonchev–Trinajstić information content (AvgIpc) is 2.69. The van der Waals surface area contributed by atoms with Crippen molar-refractivity contribution in [3.05, 3.63) is 105 Å². The molecule has 0 bridgehead atoms. The Bertz CT molecular complexity index is 1220. The van der Waals surface area contributed by atoms with E-state index in [1.807, 2.05) is 34.9 Å². The van der Waals surface area contributed by atoms with E-state index in [9.17, 15) is 4.79 Å². The Balaban J connectivity index is 1.98. The van der Waals surface area contributed by atoms with Gasteiger partial charge in [0.2, 0.25) is 0 Å². The molecular formula is C26H26N2O. The minimum Gasteiger partial charge on any atom is -0.268 e. The molecule has 0 saturated carbocycles. The maximum absolute atomic E-state index is 13.6. The molecule has 1 aromatic heterocycles. The van der Waals surface area contributed by atoms with Gasteiger partial charge in [-0.1, -0.05) is 67.1 Å². The van der Waals surface area contributed by atoms with Crippen LogP contribution in [0, 0.1) is 20.8 Å². The van der Waals surface area contributed by atoms with Gasteiger partial charge >= 0.3 is 0 Å². The van der Waals surface area contributed by atoms with E-state index in [0.717, 1.165) is 34.6 Å². The third kappa shape index (κ3) is 3.61. The summed E-state index contributed by atoms with van der Waals surface area (Å²) in [5, 5.41) is 0.655. The smallest absolute Gasteiger partial charge is 0.265 e. The Morgan fingerprint density at radius 3 is 2.21 bits per heavy atom. The summed E-state index contributed by atoms with van der Waals surface area (Å²) in [5.41, 5.74) is 6.33. The maximum atomic E-state index is 13.6. The summed E-state index contributed by atoms with van der Waals surface area (Å²) < 4.78 is 1.85. The highest BCUT2D eigenvalue weighted by Gasteiger charge is 2.20. The summed E-state index contributed by atoms with van der Waals surface area (Å²) in [6, 6.07) is 22.3. The van der Waals surface area contributed by atoms with Gasteiger partial charge in [0.05, 0.1) is 16.6 Å².